The van der Waals surface area contributed by atoms with Crippen molar-refractivity contribution in [2.45, 2.75) is 6.61 Å². The molecule has 0 atom stereocenters. The Balaban J connectivity index is 1.94. The van der Waals surface area contributed by atoms with Gasteiger partial charge in [0.15, 0.2) is 5.65 Å². The molecule has 6 nitrogen and oxygen atoms in total. The summed E-state index contributed by atoms with van der Waals surface area (Å²) in [5, 5.41) is 13.5. The van der Waals surface area contributed by atoms with Crippen molar-refractivity contribution in [1.29, 1.82) is 0 Å². The summed E-state index contributed by atoms with van der Waals surface area (Å²) in [5.74, 6) is 0.919. The van der Waals surface area contributed by atoms with Crippen LogP contribution in [0.15, 0.2) is 18.3 Å². The lowest BCUT2D eigenvalue weighted by Crippen LogP contribution is -2.36. The Kier molecular flexibility index (Phi) is 2.66. The van der Waals surface area contributed by atoms with Crippen LogP contribution < -0.4 is 4.90 Å². The molecule has 90 valence electrons. The number of aromatic nitrogens is 3. The molecule has 1 N–H and O–H groups in total. The van der Waals surface area contributed by atoms with E-state index in [0.29, 0.717) is 5.69 Å². The van der Waals surface area contributed by atoms with Crippen molar-refractivity contribution >= 4 is 11.5 Å². The van der Waals surface area contributed by atoms with Crippen molar-refractivity contribution in [2.75, 3.05) is 31.2 Å². The van der Waals surface area contributed by atoms with E-state index in [1.807, 2.05) is 12.1 Å². The Bertz CT molecular complexity index is 519. The average molecular weight is 234 g/mol. The van der Waals surface area contributed by atoms with Crippen LogP contribution in [0.4, 0.5) is 5.82 Å². The molecule has 0 amide bonds. The highest BCUT2D eigenvalue weighted by molar-refractivity contribution is 5.46. The van der Waals surface area contributed by atoms with Gasteiger partial charge in [0.05, 0.1) is 31.7 Å². The van der Waals surface area contributed by atoms with Gasteiger partial charge in [-0.15, -0.1) is 5.10 Å². The van der Waals surface area contributed by atoms with Crippen molar-refractivity contribution in [3.05, 3.63) is 24.0 Å². The predicted octanol–water partition coefficient (Wildman–Crippen LogP) is 0.0582. The second-order valence-electron chi connectivity index (χ2n) is 3.98. The van der Waals surface area contributed by atoms with Crippen LogP contribution in [0.3, 0.4) is 0 Å². The summed E-state index contributed by atoms with van der Waals surface area (Å²) in [5.41, 5.74) is 1.39. The van der Waals surface area contributed by atoms with E-state index in [0.717, 1.165) is 37.8 Å². The first-order valence-electron chi connectivity index (χ1n) is 5.66. The predicted molar refractivity (Wildman–Crippen MR) is 61.9 cm³/mol. The van der Waals surface area contributed by atoms with Crippen molar-refractivity contribution in [3.63, 3.8) is 0 Å². The number of imidazole rings is 1. The molecule has 1 saturated heterocycles. The number of hydrogen-bond acceptors (Lipinski definition) is 5. The highest BCUT2D eigenvalue weighted by Crippen LogP contribution is 2.14. The van der Waals surface area contributed by atoms with E-state index in [9.17, 15) is 0 Å². The number of morpholine rings is 1. The number of aliphatic hydroxyl groups is 1. The highest BCUT2D eigenvalue weighted by Gasteiger charge is 2.13. The Morgan fingerprint density at radius 2 is 2.12 bits per heavy atom. The molecule has 0 unspecified atom stereocenters. The maximum absolute atomic E-state index is 9.03. The summed E-state index contributed by atoms with van der Waals surface area (Å²) in [4.78, 5) is 6.41. The highest BCUT2D eigenvalue weighted by atomic mass is 16.5. The van der Waals surface area contributed by atoms with Crippen LogP contribution >= 0.6 is 0 Å². The SMILES string of the molecule is OCc1cn2nc(N3CCOCC3)ccc2n1. The van der Waals surface area contributed by atoms with Gasteiger partial charge in [0, 0.05) is 13.1 Å². The number of fused-ring (bicyclic) bond motifs is 1. The Labute approximate surface area is 98.4 Å². The lowest BCUT2D eigenvalue weighted by atomic mass is 10.4. The van der Waals surface area contributed by atoms with Crippen LogP contribution in [-0.2, 0) is 11.3 Å². The number of aliphatic hydroxyl groups excluding tert-OH is 1. The summed E-state index contributed by atoms with van der Waals surface area (Å²) in [6, 6.07) is 3.87. The van der Waals surface area contributed by atoms with Gasteiger partial charge in [0.1, 0.15) is 5.82 Å². The molecule has 1 aliphatic heterocycles. The zero-order valence-corrected chi connectivity index (χ0v) is 9.41. The first kappa shape index (κ1) is 10.5. The van der Waals surface area contributed by atoms with E-state index in [-0.39, 0.29) is 6.61 Å². The van der Waals surface area contributed by atoms with Gasteiger partial charge < -0.3 is 14.7 Å². The van der Waals surface area contributed by atoms with Gasteiger partial charge in [-0.05, 0) is 12.1 Å². The summed E-state index contributed by atoms with van der Waals surface area (Å²) in [7, 11) is 0. The molecule has 2 aromatic heterocycles. The van der Waals surface area contributed by atoms with Crippen molar-refractivity contribution < 1.29 is 9.84 Å². The van der Waals surface area contributed by atoms with Crippen LogP contribution in [0.1, 0.15) is 5.69 Å². The smallest absolute Gasteiger partial charge is 0.154 e. The van der Waals surface area contributed by atoms with Crippen molar-refractivity contribution in [2.24, 2.45) is 0 Å². The number of ether oxygens (including phenoxy) is 1. The van der Waals surface area contributed by atoms with Gasteiger partial charge in [-0.3, -0.25) is 0 Å². The van der Waals surface area contributed by atoms with E-state index in [2.05, 4.69) is 15.0 Å². The first-order valence-corrected chi connectivity index (χ1v) is 5.66. The second kappa shape index (κ2) is 4.31. The minimum atomic E-state index is -0.0593. The number of anilines is 1. The number of hydrogen-bond donors (Lipinski definition) is 1. The van der Waals surface area contributed by atoms with Crippen LogP contribution in [0.2, 0.25) is 0 Å². The van der Waals surface area contributed by atoms with Gasteiger partial charge in [-0.25, -0.2) is 9.50 Å². The monoisotopic (exact) mass is 234 g/mol. The lowest BCUT2D eigenvalue weighted by molar-refractivity contribution is 0.122. The molecule has 0 aliphatic carbocycles. The van der Waals surface area contributed by atoms with E-state index in [1.54, 1.807) is 10.7 Å². The van der Waals surface area contributed by atoms with Gasteiger partial charge in [0.2, 0.25) is 0 Å². The molecule has 6 heteroatoms. The normalized spacial score (nSPS) is 16.6. The van der Waals surface area contributed by atoms with E-state index in [1.165, 1.54) is 0 Å². The number of rotatable bonds is 2. The standard InChI is InChI=1S/C11H14N4O2/c16-8-9-7-15-10(12-9)1-2-11(13-15)14-3-5-17-6-4-14/h1-2,7,16H,3-6,8H2. The molecule has 17 heavy (non-hydrogen) atoms. The first-order chi connectivity index (χ1) is 8.36. The molecule has 1 fully saturated rings. The fraction of sp³-hybridized carbons (Fsp3) is 0.455. The van der Waals surface area contributed by atoms with E-state index in [4.69, 9.17) is 9.84 Å². The molecule has 1 aliphatic rings. The fourth-order valence-corrected chi connectivity index (χ4v) is 1.96. The van der Waals surface area contributed by atoms with Gasteiger partial charge in [0.25, 0.3) is 0 Å². The molecule has 3 rings (SSSR count). The van der Waals surface area contributed by atoms with Crippen LogP contribution in [-0.4, -0.2) is 46.0 Å². The minimum Gasteiger partial charge on any atom is -0.390 e. The van der Waals surface area contributed by atoms with E-state index >= 15 is 0 Å². The third-order valence-corrected chi connectivity index (χ3v) is 2.85. The molecule has 0 radical (unpaired) electrons. The molecular formula is C11H14N4O2. The molecule has 0 spiro atoms. The minimum absolute atomic E-state index is 0.0593. The summed E-state index contributed by atoms with van der Waals surface area (Å²) >= 11 is 0. The zero-order chi connectivity index (χ0) is 11.7. The van der Waals surface area contributed by atoms with E-state index < -0.39 is 0 Å². The van der Waals surface area contributed by atoms with Crippen LogP contribution in [0.5, 0.6) is 0 Å². The maximum atomic E-state index is 9.03. The quantitative estimate of drug-likeness (QED) is 0.796. The summed E-state index contributed by atoms with van der Waals surface area (Å²) in [6.07, 6.45) is 1.75. The van der Waals surface area contributed by atoms with Gasteiger partial charge in [-0.2, -0.15) is 0 Å². The third kappa shape index (κ3) is 1.96. The lowest BCUT2D eigenvalue weighted by Gasteiger charge is -2.27. The van der Waals surface area contributed by atoms with Crippen molar-refractivity contribution in [3.8, 4) is 0 Å². The second-order valence-corrected chi connectivity index (χ2v) is 3.98. The Hall–Kier alpha value is -1.66. The molecule has 2 aromatic rings. The molecule has 0 bridgehead atoms. The largest absolute Gasteiger partial charge is 0.390 e. The maximum Gasteiger partial charge on any atom is 0.154 e. The topological polar surface area (TPSA) is 62.9 Å². The molecule has 0 aromatic carbocycles. The van der Waals surface area contributed by atoms with Gasteiger partial charge in [-0.1, -0.05) is 0 Å². The summed E-state index contributed by atoms with van der Waals surface area (Å²) in [6.45, 7) is 3.15. The Morgan fingerprint density at radius 3 is 2.88 bits per heavy atom. The molecule has 3 heterocycles. The Morgan fingerprint density at radius 1 is 1.29 bits per heavy atom. The summed E-state index contributed by atoms with van der Waals surface area (Å²) < 4.78 is 7.01. The molecule has 0 saturated carbocycles. The molecular weight excluding hydrogens is 220 g/mol. The van der Waals surface area contributed by atoms with Crippen LogP contribution in [0, 0.1) is 0 Å². The van der Waals surface area contributed by atoms with Gasteiger partial charge >= 0.3 is 0 Å². The number of nitrogens with zero attached hydrogens (tertiary/aromatic N) is 4. The fourth-order valence-electron chi connectivity index (χ4n) is 1.96. The third-order valence-electron chi connectivity index (χ3n) is 2.85. The average Bonchev–Trinajstić information content (AvgIpc) is 2.81. The zero-order valence-electron chi connectivity index (χ0n) is 9.41. The van der Waals surface area contributed by atoms with Crippen molar-refractivity contribution in [1.82, 2.24) is 14.6 Å². The van der Waals surface area contributed by atoms with Crippen LogP contribution in [0.25, 0.3) is 5.65 Å².